The highest BCUT2D eigenvalue weighted by atomic mass is 16.3. The smallest absolute Gasteiger partial charge is 0.247 e. The lowest BCUT2D eigenvalue weighted by molar-refractivity contribution is -0.134. The van der Waals surface area contributed by atoms with Gasteiger partial charge in [-0.3, -0.25) is 14.5 Å². The molecule has 0 radical (unpaired) electrons. The monoisotopic (exact) mass is 359 g/mol. The van der Waals surface area contributed by atoms with Crippen molar-refractivity contribution in [1.82, 2.24) is 9.80 Å². The Morgan fingerprint density at radius 2 is 1.96 bits per heavy atom. The molecular formula is C20H29N3O3. The van der Waals surface area contributed by atoms with Crippen molar-refractivity contribution in [2.24, 2.45) is 5.92 Å². The molecule has 1 aromatic carbocycles. The maximum Gasteiger partial charge on any atom is 0.247 e. The van der Waals surface area contributed by atoms with Crippen LogP contribution in [0.5, 0.6) is 0 Å². The van der Waals surface area contributed by atoms with Gasteiger partial charge in [-0.05, 0) is 43.0 Å². The van der Waals surface area contributed by atoms with Crippen molar-refractivity contribution in [3.63, 3.8) is 0 Å². The SMILES string of the molecule is CC(=O)N1C[C@H](O)C[C@@H]1C(=O)Nc1ccc(CN2CCCC(C)C2)cc1. The number of hydrogen-bond acceptors (Lipinski definition) is 4. The zero-order valence-electron chi connectivity index (χ0n) is 15.6. The van der Waals surface area contributed by atoms with Crippen molar-refractivity contribution in [2.45, 2.75) is 51.8 Å². The van der Waals surface area contributed by atoms with Crippen molar-refractivity contribution in [3.8, 4) is 0 Å². The summed E-state index contributed by atoms with van der Waals surface area (Å²) >= 11 is 0. The lowest BCUT2D eigenvalue weighted by Crippen LogP contribution is -2.42. The van der Waals surface area contributed by atoms with Crippen LogP contribution in [0.4, 0.5) is 5.69 Å². The maximum atomic E-state index is 12.5. The van der Waals surface area contributed by atoms with Crippen LogP contribution in [0.15, 0.2) is 24.3 Å². The van der Waals surface area contributed by atoms with Crippen LogP contribution in [0.25, 0.3) is 0 Å². The van der Waals surface area contributed by atoms with Gasteiger partial charge < -0.3 is 15.3 Å². The van der Waals surface area contributed by atoms with Crippen molar-refractivity contribution in [3.05, 3.63) is 29.8 Å². The molecular weight excluding hydrogens is 330 g/mol. The molecule has 0 bridgehead atoms. The van der Waals surface area contributed by atoms with E-state index in [1.165, 1.54) is 30.2 Å². The van der Waals surface area contributed by atoms with Gasteiger partial charge >= 0.3 is 0 Å². The van der Waals surface area contributed by atoms with E-state index in [1.54, 1.807) is 0 Å². The number of nitrogens with zero attached hydrogens (tertiary/aromatic N) is 2. The fourth-order valence-corrected chi connectivity index (χ4v) is 4.02. The zero-order valence-corrected chi connectivity index (χ0v) is 15.6. The minimum absolute atomic E-state index is 0.187. The molecule has 2 amide bonds. The van der Waals surface area contributed by atoms with Gasteiger partial charge in [-0.1, -0.05) is 19.1 Å². The third-order valence-corrected chi connectivity index (χ3v) is 5.35. The Hall–Kier alpha value is -1.92. The van der Waals surface area contributed by atoms with Gasteiger partial charge in [-0.25, -0.2) is 0 Å². The summed E-state index contributed by atoms with van der Waals surface area (Å²) < 4.78 is 0. The minimum atomic E-state index is -0.635. The third kappa shape index (κ3) is 4.62. The molecule has 0 saturated carbocycles. The Kier molecular flexibility index (Phi) is 5.94. The summed E-state index contributed by atoms with van der Waals surface area (Å²) in [6.07, 6.45) is 2.23. The molecule has 3 atom stereocenters. The normalized spacial score (nSPS) is 26.7. The molecule has 2 N–H and O–H groups in total. The number of piperidine rings is 1. The van der Waals surface area contributed by atoms with E-state index in [0.29, 0.717) is 0 Å². The quantitative estimate of drug-likeness (QED) is 0.860. The number of aliphatic hydroxyl groups is 1. The van der Waals surface area contributed by atoms with Crippen LogP contribution in [0, 0.1) is 5.92 Å². The predicted molar refractivity (Wildman–Crippen MR) is 101 cm³/mol. The van der Waals surface area contributed by atoms with E-state index < -0.39 is 12.1 Å². The van der Waals surface area contributed by atoms with Gasteiger partial charge in [0.1, 0.15) is 6.04 Å². The molecule has 2 saturated heterocycles. The molecule has 3 rings (SSSR count). The molecule has 2 heterocycles. The summed E-state index contributed by atoms with van der Waals surface area (Å²) in [6.45, 7) is 7.17. The highest BCUT2D eigenvalue weighted by Crippen LogP contribution is 2.21. The fraction of sp³-hybridized carbons (Fsp3) is 0.600. The number of aliphatic hydroxyl groups excluding tert-OH is 1. The fourth-order valence-electron chi connectivity index (χ4n) is 4.02. The number of carbonyl (C=O) groups excluding carboxylic acids is 2. The molecule has 1 aromatic rings. The number of likely N-dealkylation sites (tertiary alicyclic amines) is 2. The average Bonchev–Trinajstić information content (AvgIpc) is 2.99. The summed E-state index contributed by atoms with van der Waals surface area (Å²) in [5, 5.41) is 12.6. The molecule has 2 fully saturated rings. The van der Waals surface area contributed by atoms with Crippen molar-refractivity contribution in [2.75, 3.05) is 25.0 Å². The molecule has 6 nitrogen and oxygen atoms in total. The van der Waals surface area contributed by atoms with Gasteiger partial charge in [-0.2, -0.15) is 0 Å². The molecule has 0 spiro atoms. The first kappa shape index (κ1) is 18.9. The second-order valence-corrected chi connectivity index (χ2v) is 7.75. The topological polar surface area (TPSA) is 72.9 Å². The summed E-state index contributed by atoms with van der Waals surface area (Å²) in [5.41, 5.74) is 1.95. The van der Waals surface area contributed by atoms with E-state index >= 15 is 0 Å². The standard InChI is InChI=1S/C20H29N3O3/c1-14-4-3-9-22(11-14)12-16-5-7-17(8-6-16)21-20(26)19-10-18(25)13-23(19)15(2)24/h5-8,14,18-19,25H,3-4,9-13H2,1-2H3,(H,21,26)/t14?,18-,19-/m1/s1. The Morgan fingerprint density at radius 1 is 1.23 bits per heavy atom. The Morgan fingerprint density at radius 3 is 2.62 bits per heavy atom. The number of hydrogen-bond donors (Lipinski definition) is 2. The molecule has 2 aliphatic rings. The predicted octanol–water partition coefficient (Wildman–Crippen LogP) is 1.84. The number of benzene rings is 1. The third-order valence-electron chi connectivity index (χ3n) is 5.35. The molecule has 1 unspecified atom stereocenters. The van der Waals surface area contributed by atoms with Gasteiger partial charge in [0.2, 0.25) is 11.8 Å². The van der Waals surface area contributed by atoms with E-state index in [9.17, 15) is 14.7 Å². The summed E-state index contributed by atoms with van der Waals surface area (Å²) in [7, 11) is 0. The van der Waals surface area contributed by atoms with Crippen LogP contribution in [-0.2, 0) is 16.1 Å². The van der Waals surface area contributed by atoms with Crippen molar-refractivity contribution < 1.29 is 14.7 Å². The second-order valence-electron chi connectivity index (χ2n) is 7.75. The average molecular weight is 359 g/mol. The zero-order chi connectivity index (χ0) is 18.7. The van der Waals surface area contributed by atoms with Gasteiger partial charge in [-0.15, -0.1) is 0 Å². The highest BCUT2D eigenvalue weighted by Gasteiger charge is 2.37. The Bertz CT molecular complexity index is 646. The van der Waals surface area contributed by atoms with Crippen LogP contribution < -0.4 is 5.32 Å². The van der Waals surface area contributed by atoms with E-state index in [0.717, 1.165) is 31.2 Å². The van der Waals surface area contributed by atoms with Crippen LogP contribution in [0.1, 0.15) is 38.7 Å². The summed E-state index contributed by atoms with van der Waals surface area (Å²) in [4.78, 5) is 28.0. The lowest BCUT2D eigenvalue weighted by Gasteiger charge is -2.30. The van der Waals surface area contributed by atoms with Crippen LogP contribution >= 0.6 is 0 Å². The van der Waals surface area contributed by atoms with Gasteiger partial charge in [0.05, 0.1) is 6.10 Å². The summed E-state index contributed by atoms with van der Waals surface area (Å²) in [6, 6.07) is 7.30. The first-order chi connectivity index (χ1) is 12.4. The first-order valence-corrected chi connectivity index (χ1v) is 9.50. The Labute approximate surface area is 155 Å². The highest BCUT2D eigenvalue weighted by molar-refractivity contribution is 5.97. The molecule has 6 heteroatoms. The second kappa shape index (κ2) is 8.18. The molecule has 142 valence electrons. The molecule has 0 aliphatic carbocycles. The molecule has 26 heavy (non-hydrogen) atoms. The van der Waals surface area contributed by atoms with Gasteiger partial charge in [0, 0.05) is 38.7 Å². The molecule has 0 aromatic heterocycles. The lowest BCUT2D eigenvalue weighted by atomic mass is 10.00. The molecule has 2 aliphatic heterocycles. The number of carbonyl (C=O) groups is 2. The van der Waals surface area contributed by atoms with Crippen LogP contribution in [0.3, 0.4) is 0 Å². The van der Waals surface area contributed by atoms with Gasteiger partial charge in [0.15, 0.2) is 0 Å². The van der Waals surface area contributed by atoms with Crippen LogP contribution in [0.2, 0.25) is 0 Å². The Balaban J connectivity index is 1.57. The van der Waals surface area contributed by atoms with Crippen LogP contribution in [-0.4, -0.2) is 58.5 Å². The minimum Gasteiger partial charge on any atom is -0.391 e. The number of rotatable bonds is 4. The van der Waals surface area contributed by atoms with E-state index in [1.807, 2.05) is 24.3 Å². The van der Waals surface area contributed by atoms with Crippen molar-refractivity contribution in [1.29, 1.82) is 0 Å². The van der Waals surface area contributed by atoms with E-state index in [-0.39, 0.29) is 24.8 Å². The number of nitrogens with one attached hydrogen (secondary N) is 1. The number of amides is 2. The first-order valence-electron chi connectivity index (χ1n) is 9.50. The van der Waals surface area contributed by atoms with E-state index in [2.05, 4.69) is 17.1 Å². The van der Waals surface area contributed by atoms with Crippen molar-refractivity contribution >= 4 is 17.5 Å². The largest absolute Gasteiger partial charge is 0.391 e. The number of anilines is 1. The van der Waals surface area contributed by atoms with E-state index in [4.69, 9.17) is 0 Å². The van der Waals surface area contributed by atoms with Gasteiger partial charge in [0.25, 0.3) is 0 Å². The summed E-state index contributed by atoms with van der Waals surface area (Å²) in [5.74, 6) is 0.329. The number of β-amino-alcohol motifs (C(OH)–C–C–N with tert-alkyl or cyclic N) is 1. The maximum absolute atomic E-state index is 12.5.